The average Bonchev–Trinajstić information content (AvgIpc) is 3.13. The van der Waals surface area contributed by atoms with Crippen molar-refractivity contribution in [3.63, 3.8) is 0 Å². The van der Waals surface area contributed by atoms with Gasteiger partial charge in [-0.15, -0.1) is 5.10 Å². The van der Waals surface area contributed by atoms with E-state index in [1.807, 2.05) is 0 Å². The fourth-order valence-electron chi connectivity index (χ4n) is 2.73. The number of aromatic nitrogens is 4. The van der Waals surface area contributed by atoms with E-state index in [9.17, 15) is 9.36 Å². The van der Waals surface area contributed by atoms with E-state index in [4.69, 9.17) is 25.4 Å². The van der Waals surface area contributed by atoms with E-state index in [0.717, 1.165) is 5.56 Å². The van der Waals surface area contributed by atoms with Crippen LogP contribution in [0.3, 0.4) is 0 Å². The van der Waals surface area contributed by atoms with Crippen LogP contribution in [-0.4, -0.2) is 40.2 Å². The molecule has 1 unspecified atom stereocenters. The predicted octanol–water partition coefficient (Wildman–Crippen LogP) is 4.02. The van der Waals surface area contributed by atoms with Gasteiger partial charge in [-0.1, -0.05) is 53.2 Å². The zero-order valence-corrected chi connectivity index (χ0v) is 18.2. The molecule has 1 atom stereocenters. The van der Waals surface area contributed by atoms with Gasteiger partial charge in [0.2, 0.25) is 5.85 Å². The molecule has 0 spiro atoms. The Morgan fingerprint density at radius 1 is 1.17 bits per heavy atom. The molecule has 0 bridgehead atoms. The molecule has 3 rings (SSSR count). The van der Waals surface area contributed by atoms with Crippen molar-refractivity contribution in [3.05, 3.63) is 76.3 Å². The number of halogens is 1. The zero-order chi connectivity index (χ0) is 21.7. The lowest BCUT2D eigenvalue weighted by Gasteiger charge is -2.24. The highest BCUT2D eigenvalue weighted by Crippen LogP contribution is 2.60. The normalized spacial score (nSPS) is 12.5. The maximum absolute atomic E-state index is 13.0. The Bertz CT molecular complexity index is 1050. The van der Waals surface area contributed by atoms with Crippen LogP contribution < -0.4 is 0 Å². The van der Waals surface area contributed by atoms with Gasteiger partial charge in [0.1, 0.15) is 5.15 Å². The van der Waals surface area contributed by atoms with Crippen molar-refractivity contribution >= 4 is 25.2 Å². The summed E-state index contributed by atoms with van der Waals surface area (Å²) in [7, 11) is -1.31. The Morgan fingerprint density at radius 2 is 1.87 bits per heavy atom. The van der Waals surface area contributed by atoms with Crippen molar-refractivity contribution < 1.29 is 23.1 Å². The first-order valence-corrected chi connectivity index (χ1v) is 10.8. The molecule has 0 aliphatic carbocycles. The number of rotatable bonds is 8. The van der Waals surface area contributed by atoms with Crippen LogP contribution in [0.25, 0.3) is 0 Å². The molecular formula is C19H20ClN4O5P. The summed E-state index contributed by atoms with van der Waals surface area (Å²) >= 11 is 5.80. The average molecular weight is 451 g/mol. The first-order chi connectivity index (χ1) is 14.4. The number of carbonyl (C=O) groups excluding carboxylic acids is 1. The van der Waals surface area contributed by atoms with Gasteiger partial charge in [0.25, 0.3) is 0 Å². The topological polar surface area (TPSA) is 105 Å². The van der Waals surface area contributed by atoms with Gasteiger partial charge in [-0.2, -0.15) is 0 Å². The monoisotopic (exact) mass is 450 g/mol. The molecule has 3 aromatic rings. The summed E-state index contributed by atoms with van der Waals surface area (Å²) in [5.41, 5.74) is 1.77. The molecule has 11 heteroatoms. The van der Waals surface area contributed by atoms with Crippen LogP contribution in [0.2, 0.25) is 5.15 Å². The van der Waals surface area contributed by atoms with E-state index in [2.05, 4.69) is 15.3 Å². The third kappa shape index (κ3) is 4.76. The molecule has 0 aliphatic heterocycles. The van der Waals surface area contributed by atoms with E-state index in [1.54, 1.807) is 55.6 Å². The molecule has 30 heavy (non-hydrogen) atoms. The highest BCUT2D eigenvalue weighted by Gasteiger charge is 2.40. The number of carbonyl (C=O) groups is 1. The van der Waals surface area contributed by atoms with Gasteiger partial charge in [0, 0.05) is 26.0 Å². The molecule has 0 radical (unpaired) electrons. The molecule has 0 amide bonds. The Balaban J connectivity index is 1.85. The molecule has 2 aromatic heterocycles. The van der Waals surface area contributed by atoms with Gasteiger partial charge in [-0.3, -0.25) is 4.57 Å². The maximum atomic E-state index is 13.0. The smallest absolute Gasteiger partial charge is 0.375 e. The van der Waals surface area contributed by atoms with Gasteiger partial charge in [-0.25, -0.2) is 14.5 Å². The summed E-state index contributed by atoms with van der Waals surface area (Å²) < 4.78 is 30.2. The van der Waals surface area contributed by atoms with Crippen molar-refractivity contribution in [1.29, 1.82) is 0 Å². The Labute approximate surface area is 178 Å². The summed E-state index contributed by atoms with van der Waals surface area (Å²) in [6.45, 7) is 2.02. The molecule has 0 fully saturated rings. The quantitative estimate of drug-likeness (QED) is 0.288. The number of nitrogens with zero attached hydrogens (tertiary/aromatic N) is 4. The molecular weight excluding hydrogens is 431 g/mol. The summed E-state index contributed by atoms with van der Waals surface area (Å²) in [5.74, 6) is -2.05. The second-order valence-corrected chi connectivity index (χ2v) is 8.91. The van der Waals surface area contributed by atoms with E-state index >= 15 is 0 Å². The summed E-state index contributed by atoms with van der Waals surface area (Å²) in [5, 5.41) is 8.32. The van der Waals surface area contributed by atoms with Gasteiger partial charge in [-0.05, 0) is 18.6 Å². The van der Waals surface area contributed by atoms with Crippen LogP contribution in [0.4, 0.5) is 0 Å². The SMILES string of the molecule is COP(=O)(OC)C(OC(=O)c1nnn(Cc2ccc(Cl)nc2)c1C)c1ccccc1. The minimum Gasteiger partial charge on any atom is -0.440 e. The van der Waals surface area contributed by atoms with Crippen molar-refractivity contribution in [2.24, 2.45) is 0 Å². The number of hydrogen-bond acceptors (Lipinski definition) is 8. The summed E-state index contributed by atoms with van der Waals surface area (Å²) in [6, 6.07) is 12.0. The molecule has 2 heterocycles. The molecule has 1 aromatic carbocycles. The van der Waals surface area contributed by atoms with Crippen molar-refractivity contribution in [2.45, 2.75) is 19.3 Å². The maximum Gasteiger partial charge on any atom is 0.375 e. The van der Waals surface area contributed by atoms with Crippen molar-refractivity contribution in [3.8, 4) is 0 Å². The van der Waals surface area contributed by atoms with Crippen molar-refractivity contribution in [2.75, 3.05) is 14.2 Å². The second-order valence-electron chi connectivity index (χ2n) is 6.24. The Hall–Kier alpha value is -2.58. The second kappa shape index (κ2) is 9.49. The molecule has 158 valence electrons. The van der Waals surface area contributed by atoms with Gasteiger partial charge in [0.15, 0.2) is 5.69 Å². The third-order valence-electron chi connectivity index (χ3n) is 4.40. The van der Waals surface area contributed by atoms with Crippen LogP contribution in [0.15, 0.2) is 48.7 Å². The van der Waals surface area contributed by atoms with E-state index in [1.165, 1.54) is 18.9 Å². The standard InChI is InChI=1S/C19H20ClN4O5P/c1-13-17(22-23-24(13)12-14-9-10-16(20)21-11-14)18(25)29-19(30(26,27-2)28-3)15-7-5-4-6-8-15/h4-11,19H,12H2,1-3H3. The largest absolute Gasteiger partial charge is 0.440 e. The van der Waals surface area contributed by atoms with Crippen LogP contribution in [0.1, 0.15) is 33.2 Å². The van der Waals surface area contributed by atoms with Crippen molar-refractivity contribution in [1.82, 2.24) is 20.0 Å². The molecule has 0 N–H and O–H groups in total. The minimum absolute atomic E-state index is 0.00314. The number of esters is 1. The fourth-order valence-corrected chi connectivity index (χ4v) is 4.13. The molecule has 9 nitrogen and oxygen atoms in total. The summed E-state index contributed by atoms with van der Waals surface area (Å²) in [6.07, 6.45) is 1.61. The first-order valence-electron chi connectivity index (χ1n) is 8.85. The number of ether oxygens (including phenoxy) is 1. The molecule has 0 saturated carbocycles. The van der Waals surface area contributed by atoms with E-state index < -0.39 is 19.4 Å². The number of hydrogen-bond donors (Lipinski definition) is 0. The van der Waals surface area contributed by atoms with Crippen LogP contribution >= 0.6 is 19.2 Å². The van der Waals surface area contributed by atoms with Gasteiger partial charge < -0.3 is 13.8 Å². The Kier molecular flexibility index (Phi) is 6.99. The zero-order valence-electron chi connectivity index (χ0n) is 16.6. The number of pyridine rings is 1. The number of benzene rings is 1. The highest BCUT2D eigenvalue weighted by molar-refractivity contribution is 7.54. The summed E-state index contributed by atoms with van der Waals surface area (Å²) in [4.78, 5) is 16.9. The van der Waals surface area contributed by atoms with Crippen LogP contribution in [0.5, 0.6) is 0 Å². The van der Waals surface area contributed by atoms with Gasteiger partial charge >= 0.3 is 13.6 Å². The minimum atomic E-state index is -3.77. The molecule has 0 aliphatic rings. The van der Waals surface area contributed by atoms with E-state index in [-0.39, 0.29) is 5.69 Å². The lowest BCUT2D eigenvalue weighted by atomic mass is 10.2. The molecule has 0 saturated heterocycles. The Morgan fingerprint density at radius 3 is 2.47 bits per heavy atom. The lowest BCUT2D eigenvalue weighted by Crippen LogP contribution is -2.15. The first kappa shape index (κ1) is 22.1. The van der Waals surface area contributed by atoms with E-state index in [0.29, 0.717) is 23.0 Å². The van der Waals surface area contributed by atoms with Crippen LogP contribution in [-0.2, 0) is 24.9 Å². The highest BCUT2D eigenvalue weighted by atomic mass is 35.5. The van der Waals surface area contributed by atoms with Gasteiger partial charge in [0.05, 0.1) is 12.2 Å². The predicted molar refractivity (Wildman–Crippen MR) is 109 cm³/mol. The fraction of sp³-hybridized carbons (Fsp3) is 0.263. The van der Waals surface area contributed by atoms with Crippen LogP contribution in [0, 0.1) is 6.92 Å². The lowest BCUT2D eigenvalue weighted by molar-refractivity contribution is 0.0373. The third-order valence-corrected chi connectivity index (χ3v) is 6.62.